The van der Waals surface area contributed by atoms with Gasteiger partial charge in [0, 0.05) is 86.9 Å². The lowest BCUT2D eigenvalue weighted by Gasteiger charge is -2.41. The number of hydrogen-bond donors (Lipinski definition) is 2. The molecule has 2 N–H and O–H groups in total. The van der Waals surface area contributed by atoms with Gasteiger partial charge in [-0.05, 0) is 117 Å². The van der Waals surface area contributed by atoms with Gasteiger partial charge in [0.15, 0.2) is 0 Å². The van der Waals surface area contributed by atoms with E-state index in [1.165, 1.54) is 57.9 Å². The van der Waals surface area contributed by atoms with Gasteiger partial charge >= 0.3 is 12.1 Å². The minimum Gasteiger partial charge on any atom is -0.464 e. The fourth-order valence-corrected chi connectivity index (χ4v) is 11.2. The number of rotatable bonds is 11. The van der Waals surface area contributed by atoms with E-state index in [2.05, 4.69) is 32.5 Å². The highest BCUT2D eigenvalue weighted by molar-refractivity contribution is 5.97. The Morgan fingerprint density at radius 1 is 0.987 bits per heavy atom. The van der Waals surface area contributed by atoms with Crippen molar-refractivity contribution in [1.82, 2.24) is 40.0 Å². The Bertz CT molecular complexity index is 3000. The van der Waals surface area contributed by atoms with E-state index in [1.54, 1.807) is 51.1 Å². The first-order valence-corrected chi connectivity index (χ1v) is 26.8. The van der Waals surface area contributed by atoms with Crippen molar-refractivity contribution in [2.45, 2.75) is 136 Å². The van der Waals surface area contributed by atoms with E-state index in [-0.39, 0.29) is 73.1 Å². The minimum atomic E-state index is -4.69. The third-order valence-electron chi connectivity index (χ3n) is 15.6. The Morgan fingerprint density at radius 2 is 1.73 bits per heavy atom. The van der Waals surface area contributed by atoms with E-state index in [4.69, 9.17) is 9.47 Å². The van der Waals surface area contributed by atoms with Crippen LogP contribution in [0.1, 0.15) is 109 Å². The minimum absolute atomic E-state index is 0.0896. The molecule has 2 aromatic carbocycles. The van der Waals surface area contributed by atoms with Gasteiger partial charge in [-0.15, -0.1) is 0 Å². The first kappa shape index (κ1) is 57.7. The third kappa shape index (κ3) is 12.7. The number of carbonyl (C=O) groups is 5. The first-order valence-electron chi connectivity index (χ1n) is 26.8. The highest BCUT2D eigenvalue weighted by Crippen LogP contribution is 2.43. The second-order valence-electron chi connectivity index (χ2n) is 22.9. The lowest BCUT2D eigenvalue weighted by Crippen LogP contribution is -2.62. The number of benzene rings is 2. The van der Waals surface area contributed by atoms with Gasteiger partial charge < -0.3 is 29.2 Å². The molecule has 4 amide bonds. The van der Waals surface area contributed by atoms with Crippen molar-refractivity contribution >= 4 is 40.5 Å². The fraction of sp³-hybridized carbons (Fsp3) is 0.552. The number of likely N-dealkylation sites (N-methyl/N-ethyl adjacent to an activating group) is 1. The van der Waals surface area contributed by atoms with E-state index in [0.29, 0.717) is 47.2 Å². The summed E-state index contributed by atoms with van der Waals surface area (Å²) in [4.78, 5) is 80.8. The summed E-state index contributed by atoms with van der Waals surface area (Å²) in [6.45, 7) is 13.6. The van der Waals surface area contributed by atoms with Gasteiger partial charge in [-0.25, -0.2) is 14.2 Å². The standard InChI is InChI=1S/C58H71F5N8O7/c1-34(2)49(67(8)53(74)38-18-24-68(31-38)47(72)17-19-57(6,7)69-21-12-22-69)52(73)65-45-27-36-25-39(28-40(26-36)51(59)60)37-15-16-46-42(29-37)43(30-56(4,5)33-78-55(76)44-14-11-23-71(66-44)54(45)75)50(70(46)32-58(61,62)63)41-13-10-20-64-48(41)35(3)77-9/h10,13,15-16,20,25-26,28-29,34-35,38,44-45,49,51,66H,11-12,14,18,21-24,27,30-33H2,1-9H3,(H,65,73)/t35-,38?,44-,45-,49-/m0/s1. The molecule has 3 fully saturated rings. The second-order valence-corrected chi connectivity index (χ2v) is 22.9. The number of likely N-dealkylation sites (tertiary alicyclic amines) is 2. The molecular formula is C58H71F5N8O7. The molecule has 0 spiro atoms. The van der Waals surface area contributed by atoms with E-state index in [0.717, 1.165) is 19.5 Å². The van der Waals surface area contributed by atoms with Crippen LogP contribution >= 0.6 is 0 Å². The Hall–Kier alpha value is -6.43. The normalized spacial score (nSPS) is 21.1. The molecule has 8 rings (SSSR count). The van der Waals surface area contributed by atoms with Crippen LogP contribution in [0.5, 0.6) is 0 Å². The lowest BCUT2D eigenvalue weighted by atomic mass is 9.84. The van der Waals surface area contributed by atoms with Crippen LogP contribution in [0.2, 0.25) is 0 Å². The van der Waals surface area contributed by atoms with Crippen LogP contribution in [0.3, 0.4) is 0 Å². The molecule has 4 aliphatic rings. The second kappa shape index (κ2) is 23.1. The van der Waals surface area contributed by atoms with Gasteiger partial charge in [0.05, 0.1) is 35.6 Å². The van der Waals surface area contributed by atoms with Crippen molar-refractivity contribution in [2.75, 3.05) is 53.5 Å². The average Bonchev–Trinajstić information content (AvgIpc) is 4.11. The maximum atomic E-state index is 15.1. The molecule has 15 nitrogen and oxygen atoms in total. The Labute approximate surface area is 452 Å². The van der Waals surface area contributed by atoms with Crippen molar-refractivity contribution in [1.29, 1.82) is 0 Å². The zero-order valence-corrected chi connectivity index (χ0v) is 45.9. The molecular weight excluding hydrogens is 1020 g/mol. The van der Waals surface area contributed by atoms with Gasteiger partial charge in [0.2, 0.25) is 11.8 Å². The zero-order valence-electron chi connectivity index (χ0n) is 45.9. The number of methoxy groups -OCH3 is 1. The highest BCUT2D eigenvalue weighted by atomic mass is 19.4. The fourth-order valence-electron chi connectivity index (χ4n) is 11.2. The number of nitrogens with zero attached hydrogens (tertiary/aromatic N) is 6. The number of cyclic esters (lactones) is 1. The number of esters is 1. The molecule has 6 heterocycles. The SMILES string of the molecule is CO[C@@H](C)c1ncccc1-c1c2c3cc(ccc3n1CC(F)(F)F)-c1cc(cc(C(F)F)c1)C[C@H](NC(=O)[C@H](C(C)C)N(C)C(=O)C1CCN(C(=O)C#CC(C)(C)N3CCC3)C1)C(=O)N1CCC[C@H](N1)C(=O)OCC(C)(C)C2. The molecule has 2 aromatic heterocycles. The summed E-state index contributed by atoms with van der Waals surface area (Å²) in [6, 6.07) is 8.65. The number of alkyl halides is 5. The van der Waals surface area contributed by atoms with Crippen molar-refractivity contribution in [2.24, 2.45) is 17.3 Å². The predicted molar refractivity (Wildman–Crippen MR) is 283 cm³/mol. The smallest absolute Gasteiger partial charge is 0.406 e. The van der Waals surface area contributed by atoms with Gasteiger partial charge in [0.1, 0.15) is 24.7 Å². The van der Waals surface area contributed by atoms with Crippen molar-refractivity contribution in [3.8, 4) is 34.2 Å². The number of carbonyl (C=O) groups excluding carboxylic acids is 5. The number of ether oxygens (including phenoxy) is 2. The third-order valence-corrected chi connectivity index (χ3v) is 15.6. The number of pyridine rings is 1. The predicted octanol–water partition coefficient (Wildman–Crippen LogP) is 8.05. The van der Waals surface area contributed by atoms with Crippen LogP contribution in [0.15, 0.2) is 54.7 Å². The molecule has 0 aliphatic carbocycles. The van der Waals surface area contributed by atoms with Crippen LogP contribution in [-0.2, 0) is 52.8 Å². The average molecular weight is 1090 g/mol. The first-order chi connectivity index (χ1) is 36.7. The van der Waals surface area contributed by atoms with E-state index in [1.807, 2.05) is 27.7 Å². The quantitative estimate of drug-likeness (QED) is 0.0856. The van der Waals surface area contributed by atoms with Gasteiger partial charge in [-0.1, -0.05) is 51.8 Å². The van der Waals surface area contributed by atoms with E-state index < -0.39 is 89.5 Å². The molecule has 4 aromatic rings. The van der Waals surface area contributed by atoms with Gasteiger partial charge in [-0.3, -0.25) is 38.9 Å². The summed E-state index contributed by atoms with van der Waals surface area (Å²) in [7, 11) is 2.97. The molecule has 5 atom stereocenters. The van der Waals surface area contributed by atoms with Crippen LogP contribution in [0, 0.1) is 29.1 Å². The molecule has 20 heteroatoms. The van der Waals surface area contributed by atoms with Crippen LogP contribution in [-0.4, -0.2) is 142 Å². The number of nitrogens with one attached hydrogen (secondary N) is 2. The van der Waals surface area contributed by atoms with Crippen molar-refractivity contribution in [3.63, 3.8) is 0 Å². The van der Waals surface area contributed by atoms with E-state index >= 15 is 8.78 Å². The molecule has 420 valence electrons. The summed E-state index contributed by atoms with van der Waals surface area (Å²) < 4.78 is 87.4. The van der Waals surface area contributed by atoms with Crippen LogP contribution in [0.4, 0.5) is 22.0 Å². The maximum Gasteiger partial charge on any atom is 0.406 e. The Balaban J connectivity index is 1.18. The highest BCUT2D eigenvalue weighted by Gasteiger charge is 2.41. The molecule has 3 saturated heterocycles. The van der Waals surface area contributed by atoms with Gasteiger partial charge in [-0.2, -0.15) is 13.2 Å². The summed E-state index contributed by atoms with van der Waals surface area (Å²) in [5.74, 6) is 1.91. The summed E-state index contributed by atoms with van der Waals surface area (Å²) in [5.41, 5.74) is 3.76. The van der Waals surface area contributed by atoms with Crippen LogP contribution < -0.4 is 10.7 Å². The number of halogens is 5. The molecule has 78 heavy (non-hydrogen) atoms. The van der Waals surface area contributed by atoms with E-state index in [9.17, 15) is 37.1 Å². The number of fused-ring (bicyclic) bond motifs is 6. The Kier molecular flexibility index (Phi) is 17.1. The van der Waals surface area contributed by atoms with Gasteiger partial charge in [0.25, 0.3) is 18.2 Å². The largest absolute Gasteiger partial charge is 0.464 e. The monoisotopic (exact) mass is 1090 g/mol. The maximum absolute atomic E-state index is 15.1. The van der Waals surface area contributed by atoms with Crippen molar-refractivity contribution < 1.29 is 55.4 Å². The number of aromatic nitrogens is 2. The van der Waals surface area contributed by atoms with Crippen LogP contribution in [0.25, 0.3) is 33.3 Å². The molecule has 0 radical (unpaired) electrons. The summed E-state index contributed by atoms with van der Waals surface area (Å²) in [6.07, 6.45) is -4.98. The lowest BCUT2D eigenvalue weighted by molar-refractivity contribution is -0.155. The summed E-state index contributed by atoms with van der Waals surface area (Å²) in [5, 5.41) is 4.50. The molecule has 0 saturated carbocycles. The Morgan fingerprint density at radius 3 is 2.40 bits per heavy atom. The number of hydrazine groups is 1. The summed E-state index contributed by atoms with van der Waals surface area (Å²) >= 11 is 0. The molecule has 6 bridgehead atoms. The molecule has 4 aliphatic heterocycles. The zero-order chi connectivity index (χ0) is 56.6. The molecule has 1 unspecified atom stereocenters. The number of hydrogen-bond acceptors (Lipinski definition) is 10. The van der Waals surface area contributed by atoms with Crippen molar-refractivity contribution in [3.05, 3.63) is 77.1 Å². The number of amides is 4. The topological polar surface area (TPSA) is 159 Å².